The molecular formula is C22H25N3O3S. The van der Waals surface area contributed by atoms with Gasteiger partial charge >= 0.3 is 0 Å². The van der Waals surface area contributed by atoms with Gasteiger partial charge in [-0.05, 0) is 47.4 Å². The summed E-state index contributed by atoms with van der Waals surface area (Å²) in [5, 5.41) is 8.86. The van der Waals surface area contributed by atoms with Crippen LogP contribution in [0.5, 0.6) is 0 Å². The molecule has 7 heteroatoms. The highest BCUT2D eigenvalue weighted by Crippen LogP contribution is 2.23. The smallest absolute Gasteiger partial charge is 0.253 e. The van der Waals surface area contributed by atoms with Crippen molar-refractivity contribution in [2.45, 2.75) is 31.1 Å². The first-order chi connectivity index (χ1) is 13.6. The predicted octanol–water partition coefficient (Wildman–Crippen LogP) is 3.00. The van der Waals surface area contributed by atoms with E-state index in [9.17, 15) is 13.2 Å². The second-order valence-corrected chi connectivity index (χ2v) is 10.1. The van der Waals surface area contributed by atoms with Crippen molar-refractivity contribution in [3.05, 3.63) is 65.2 Å². The topological polar surface area (TPSA) is 81.5 Å². The number of nitriles is 1. The third-order valence-corrected chi connectivity index (χ3v) is 7.06. The molecule has 29 heavy (non-hydrogen) atoms. The van der Waals surface area contributed by atoms with Crippen molar-refractivity contribution in [3.63, 3.8) is 0 Å². The van der Waals surface area contributed by atoms with Gasteiger partial charge in [0.15, 0.2) is 0 Å². The van der Waals surface area contributed by atoms with Crippen LogP contribution in [0.3, 0.4) is 0 Å². The van der Waals surface area contributed by atoms with E-state index in [0.717, 1.165) is 5.56 Å². The van der Waals surface area contributed by atoms with Gasteiger partial charge in [0.2, 0.25) is 10.0 Å². The molecule has 0 radical (unpaired) electrons. The molecule has 2 aromatic carbocycles. The first-order valence-corrected chi connectivity index (χ1v) is 11.0. The number of rotatable bonds is 3. The van der Waals surface area contributed by atoms with Gasteiger partial charge in [0, 0.05) is 31.7 Å². The van der Waals surface area contributed by atoms with E-state index in [-0.39, 0.29) is 29.3 Å². The van der Waals surface area contributed by atoms with Crippen molar-refractivity contribution >= 4 is 15.9 Å². The lowest BCUT2D eigenvalue weighted by Gasteiger charge is -2.34. The SMILES string of the molecule is CC(C)(C)c1ccc(C(=O)N2CCN(S(=O)(=O)c3ccc(C#N)cc3)CC2)cc1. The van der Waals surface area contributed by atoms with Crippen molar-refractivity contribution in [3.8, 4) is 6.07 Å². The van der Waals surface area contributed by atoms with Crippen LogP contribution in [0.25, 0.3) is 0 Å². The van der Waals surface area contributed by atoms with E-state index in [4.69, 9.17) is 5.26 Å². The Morgan fingerprint density at radius 1 is 0.931 bits per heavy atom. The van der Waals surface area contributed by atoms with Gasteiger partial charge in [-0.2, -0.15) is 9.57 Å². The maximum absolute atomic E-state index is 12.8. The minimum absolute atomic E-state index is 0.0208. The highest BCUT2D eigenvalue weighted by atomic mass is 32.2. The van der Waals surface area contributed by atoms with Gasteiger partial charge in [-0.3, -0.25) is 4.79 Å². The fraction of sp³-hybridized carbons (Fsp3) is 0.364. The molecule has 0 atom stereocenters. The Labute approximate surface area is 172 Å². The Bertz CT molecular complexity index is 1020. The van der Waals surface area contributed by atoms with Crippen LogP contribution >= 0.6 is 0 Å². The highest BCUT2D eigenvalue weighted by molar-refractivity contribution is 7.89. The summed E-state index contributed by atoms with van der Waals surface area (Å²) in [5.74, 6) is -0.0825. The minimum atomic E-state index is -3.64. The summed E-state index contributed by atoms with van der Waals surface area (Å²) in [5.41, 5.74) is 2.21. The predicted molar refractivity (Wildman–Crippen MR) is 111 cm³/mol. The van der Waals surface area contributed by atoms with E-state index >= 15 is 0 Å². The third-order valence-electron chi connectivity index (χ3n) is 5.14. The Hall–Kier alpha value is -2.69. The number of hydrogen-bond acceptors (Lipinski definition) is 4. The van der Waals surface area contributed by atoms with E-state index in [0.29, 0.717) is 24.2 Å². The van der Waals surface area contributed by atoms with Gasteiger partial charge in [-0.25, -0.2) is 8.42 Å². The molecule has 1 aliphatic heterocycles. The molecule has 0 aromatic heterocycles. The standard InChI is InChI=1S/C22H25N3O3S/c1-22(2,3)19-8-6-18(7-9-19)21(26)24-12-14-25(15-13-24)29(27,28)20-10-4-17(16-23)5-11-20/h4-11H,12-15H2,1-3H3. The van der Waals surface area contributed by atoms with Crippen LogP contribution in [0.15, 0.2) is 53.4 Å². The van der Waals surface area contributed by atoms with Crippen LogP contribution in [-0.2, 0) is 15.4 Å². The van der Waals surface area contributed by atoms with Gasteiger partial charge in [-0.15, -0.1) is 0 Å². The zero-order valence-electron chi connectivity index (χ0n) is 16.9. The molecule has 6 nitrogen and oxygen atoms in total. The molecule has 2 aromatic rings. The molecule has 1 amide bonds. The van der Waals surface area contributed by atoms with Gasteiger partial charge in [-0.1, -0.05) is 32.9 Å². The fourth-order valence-corrected chi connectivity index (χ4v) is 4.70. The average molecular weight is 412 g/mol. The molecule has 3 rings (SSSR count). The Kier molecular flexibility index (Phi) is 5.78. The van der Waals surface area contributed by atoms with Crippen molar-refractivity contribution in [2.75, 3.05) is 26.2 Å². The van der Waals surface area contributed by atoms with Crippen molar-refractivity contribution in [1.82, 2.24) is 9.21 Å². The number of piperazine rings is 1. The third kappa shape index (κ3) is 4.50. The zero-order valence-corrected chi connectivity index (χ0v) is 17.7. The molecule has 0 unspecified atom stereocenters. The lowest BCUT2D eigenvalue weighted by molar-refractivity contribution is 0.0698. The summed E-state index contributed by atoms with van der Waals surface area (Å²) in [6.07, 6.45) is 0. The zero-order chi connectivity index (χ0) is 21.2. The largest absolute Gasteiger partial charge is 0.336 e. The lowest BCUT2D eigenvalue weighted by atomic mass is 9.86. The Balaban J connectivity index is 1.66. The van der Waals surface area contributed by atoms with Crippen LogP contribution in [0.2, 0.25) is 0 Å². The molecule has 152 valence electrons. The maximum Gasteiger partial charge on any atom is 0.253 e. The van der Waals surface area contributed by atoms with E-state index in [2.05, 4.69) is 20.8 Å². The van der Waals surface area contributed by atoms with E-state index in [1.165, 1.54) is 28.6 Å². The molecular weight excluding hydrogens is 386 g/mol. The average Bonchev–Trinajstić information content (AvgIpc) is 2.73. The summed E-state index contributed by atoms with van der Waals surface area (Å²) in [7, 11) is -3.64. The second-order valence-electron chi connectivity index (χ2n) is 8.16. The molecule has 1 saturated heterocycles. The van der Waals surface area contributed by atoms with Crippen LogP contribution in [0, 0.1) is 11.3 Å². The summed E-state index contributed by atoms with van der Waals surface area (Å²) in [6, 6.07) is 15.5. The Morgan fingerprint density at radius 2 is 1.48 bits per heavy atom. The monoisotopic (exact) mass is 411 g/mol. The van der Waals surface area contributed by atoms with Crippen LogP contribution < -0.4 is 0 Å². The quantitative estimate of drug-likeness (QED) is 0.777. The number of amides is 1. The van der Waals surface area contributed by atoms with E-state index < -0.39 is 10.0 Å². The van der Waals surface area contributed by atoms with Gasteiger partial charge in [0.1, 0.15) is 0 Å². The summed E-state index contributed by atoms with van der Waals surface area (Å²) >= 11 is 0. The fourth-order valence-electron chi connectivity index (χ4n) is 3.28. The van der Waals surface area contributed by atoms with Crippen LogP contribution in [0.4, 0.5) is 0 Å². The molecule has 0 aliphatic carbocycles. The summed E-state index contributed by atoms with van der Waals surface area (Å²) in [4.78, 5) is 14.6. The summed E-state index contributed by atoms with van der Waals surface area (Å²) < 4.78 is 27.0. The van der Waals surface area contributed by atoms with Crippen molar-refractivity contribution < 1.29 is 13.2 Å². The molecule has 0 spiro atoms. The molecule has 0 N–H and O–H groups in total. The molecule has 0 saturated carbocycles. The minimum Gasteiger partial charge on any atom is -0.336 e. The van der Waals surface area contributed by atoms with Gasteiger partial charge < -0.3 is 4.90 Å². The lowest BCUT2D eigenvalue weighted by Crippen LogP contribution is -2.50. The van der Waals surface area contributed by atoms with Gasteiger partial charge in [0.05, 0.1) is 16.5 Å². The number of nitrogens with zero attached hydrogens (tertiary/aromatic N) is 3. The number of hydrogen-bond donors (Lipinski definition) is 0. The second kappa shape index (κ2) is 7.97. The van der Waals surface area contributed by atoms with E-state index in [1.807, 2.05) is 30.3 Å². The van der Waals surface area contributed by atoms with Crippen molar-refractivity contribution in [2.24, 2.45) is 0 Å². The number of sulfonamides is 1. The van der Waals surface area contributed by atoms with Crippen LogP contribution in [-0.4, -0.2) is 49.7 Å². The van der Waals surface area contributed by atoms with Crippen LogP contribution in [0.1, 0.15) is 42.3 Å². The summed E-state index contributed by atoms with van der Waals surface area (Å²) in [6.45, 7) is 7.54. The number of benzene rings is 2. The molecule has 1 fully saturated rings. The first kappa shape index (κ1) is 21.0. The Morgan fingerprint density at radius 3 is 1.97 bits per heavy atom. The maximum atomic E-state index is 12.8. The molecule has 1 aliphatic rings. The van der Waals surface area contributed by atoms with Crippen molar-refractivity contribution in [1.29, 1.82) is 5.26 Å². The molecule has 1 heterocycles. The number of carbonyl (C=O) groups is 1. The molecule has 0 bridgehead atoms. The van der Waals surface area contributed by atoms with E-state index in [1.54, 1.807) is 4.90 Å². The van der Waals surface area contributed by atoms with Gasteiger partial charge in [0.25, 0.3) is 5.91 Å². The highest BCUT2D eigenvalue weighted by Gasteiger charge is 2.30. The number of carbonyl (C=O) groups excluding carboxylic acids is 1. The first-order valence-electron chi connectivity index (χ1n) is 9.53. The normalized spacial score (nSPS) is 15.7.